The van der Waals surface area contributed by atoms with Gasteiger partial charge in [0.25, 0.3) is 0 Å². The number of alkyl halides is 1. The minimum atomic E-state index is -1.26. The molecule has 44 heavy (non-hydrogen) atoms. The lowest BCUT2D eigenvalue weighted by atomic mass is 9.78. The Morgan fingerprint density at radius 2 is 1.77 bits per heavy atom. The molecule has 3 aliphatic rings. The first kappa shape index (κ1) is 29.7. The van der Waals surface area contributed by atoms with Gasteiger partial charge in [0.05, 0.1) is 17.3 Å². The predicted molar refractivity (Wildman–Crippen MR) is 161 cm³/mol. The van der Waals surface area contributed by atoms with Crippen molar-refractivity contribution in [1.82, 2.24) is 14.8 Å². The van der Waals surface area contributed by atoms with Gasteiger partial charge < -0.3 is 25.4 Å². The van der Waals surface area contributed by atoms with Crippen LogP contribution in [0.5, 0.6) is 0 Å². The normalized spacial score (nSPS) is 24.9. The van der Waals surface area contributed by atoms with Crippen molar-refractivity contribution in [2.24, 2.45) is 11.8 Å². The number of cyclic esters (lactones) is 1. The van der Waals surface area contributed by atoms with Crippen LogP contribution in [0, 0.1) is 11.8 Å². The van der Waals surface area contributed by atoms with Gasteiger partial charge in [0, 0.05) is 29.5 Å². The van der Waals surface area contributed by atoms with E-state index in [1.807, 2.05) is 56.3 Å². The molecule has 2 aromatic carbocycles. The van der Waals surface area contributed by atoms with Gasteiger partial charge in [0.2, 0.25) is 11.8 Å². The monoisotopic (exact) mass is 604 g/mol. The molecule has 3 N–H and O–H groups in total. The second kappa shape index (κ2) is 11.6. The molecule has 3 atom stereocenters. The standard InChI is InChI=1S/C33H37FN4O6/c1-33(2)27-16-22-12-13-23(17-26(22)38(27)32(43)44-33)35-29(39)28-24(19-6-4-3-5-7-19)14-15-37(28)30(40)21-10-8-20(9-11-21)25(18-34)36-31(41)42/h3-7,12-13,16-17,20-21,24-25,28,36H,8-11,14-15,18H2,1-2H3,(H,35,39)(H,41,42)/t20?,21?,24-,25+,28-/m0/s1. The van der Waals surface area contributed by atoms with Crippen molar-refractivity contribution in [2.45, 2.75) is 69.6 Å². The van der Waals surface area contributed by atoms with Crippen LogP contribution in [0.2, 0.25) is 0 Å². The third-order valence-electron chi connectivity index (χ3n) is 9.56. The Balaban J connectivity index is 1.23. The van der Waals surface area contributed by atoms with Gasteiger partial charge in [0.1, 0.15) is 18.3 Å². The number of hydrogen-bond acceptors (Lipinski definition) is 5. The van der Waals surface area contributed by atoms with E-state index < -0.39 is 36.5 Å². The number of anilines is 1. The van der Waals surface area contributed by atoms with Crippen LogP contribution in [0.1, 0.15) is 63.1 Å². The molecule has 2 aliphatic heterocycles. The smallest absolute Gasteiger partial charge is 0.419 e. The highest BCUT2D eigenvalue weighted by atomic mass is 19.1. The number of carbonyl (C=O) groups excluding carboxylic acids is 3. The first-order valence-electron chi connectivity index (χ1n) is 15.2. The molecule has 0 unspecified atom stereocenters. The maximum atomic E-state index is 14.0. The molecule has 11 heteroatoms. The number of nitrogens with zero attached hydrogens (tertiary/aromatic N) is 2. The van der Waals surface area contributed by atoms with Gasteiger partial charge in [-0.2, -0.15) is 0 Å². The molecule has 0 spiro atoms. The average molecular weight is 605 g/mol. The molecule has 3 aromatic rings. The first-order chi connectivity index (χ1) is 21.1. The molecular weight excluding hydrogens is 567 g/mol. The van der Waals surface area contributed by atoms with Gasteiger partial charge in [0.15, 0.2) is 0 Å². The van der Waals surface area contributed by atoms with E-state index in [0.717, 1.165) is 16.6 Å². The number of hydrogen-bond donors (Lipinski definition) is 3. The largest absolute Gasteiger partial charge is 0.465 e. The zero-order valence-corrected chi connectivity index (χ0v) is 24.8. The SMILES string of the molecule is CC1(C)OC(=O)n2c1cc1ccc(NC(=O)[C@@H]3[C@H](c4ccccc4)CCN3C(=O)C3CCC([C@@H](CF)NC(=O)O)CC3)cc12. The van der Waals surface area contributed by atoms with Crippen molar-refractivity contribution in [2.75, 3.05) is 18.5 Å². The van der Waals surface area contributed by atoms with Crippen LogP contribution in [0.15, 0.2) is 54.6 Å². The molecule has 1 saturated heterocycles. The molecule has 1 aliphatic carbocycles. The fourth-order valence-electron chi connectivity index (χ4n) is 7.31. The van der Waals surface area contributed by atoms with Crippen LogP contribution < -0.4 is 10.6 Å². The number of carbonyl (C=O) groups is 4. The molecule has 1 saturated carbocycles. The Kier molecular flexibility index (Phi) is 7.81. The van der Waals surface area contributed by atoms with Crippen molar-refractivity contribution >= 4 is 40.6 Å². The maximum Gasteiger partial charge on any atom is 0.419 e. The number of aromatic nitrogens is 1. The molecule has 10 nitrogen and oxygen atoms in total. The number of halogens is 1. The Bertz CT molecular complexity index is 1600. The lowest BCUT2D eigenvalue weighted by Crippen LogP contribution is -2.49. The topological polar surface area (TPSA) is 130 Å². The van der Waals surface area contributed by atoms with Crippen LogP contribution in [-0.4, -0.2) is 63.9 Å². The Hall–Kier alpha value is -4.41. The third-order valence-corrected chi connectivity index (χ3v) is 9.56. The average Bonchev–Trinajstić information content (AvgIpc) is 3.68. The van der Waals surface area contributed by atoms with Gasteiger partial charge in [-0.25, -0.2) is 18.5 Å². The summed E-state index contributed by atoms with van der Waals surface area (Å²) in [6.45, 7) is 3.30. The summed E-state index contributed by atoms with van der Waals surface area (Å²) in [5.74, 6) is -1.12. The van der Waals surface area contributed by atoms with Gasteiger partial charge in [-0.1, -0.05) is 36.4 Å². The minimum absolute atomic E-state index is 0.102. The summed E-state index contributed by atoms with van der Waals surface area (Å²) in [4.78, 5) is 53.4. The van der Waals surface area contributed by atoms with Crippen LogP contribution in [0.25, 0.3) is 10.9 Å². The van der Waals surface area contributed by atoms with Crippen LogP contribution >= 0.6 is 0 Å². The van der Waals surface area contributed by atoms with E-state index in [0.29, 0.717) is 49.9 Å². The van der Waals surface area contributed by atoms with E-state index in [4.69, 9.17) is 9.84 Å². The highest BCUT2D eigenvalue weighted by Crippen LogP contribution is 2.40. The van der Waals surface area contributed by atoms with Crippen LogP contribution in [0.4, 0.5) is 19.7 Å². The van der Waals surface area contributed by atoms with E-state index >= 15 is 0 Å². The summed E-state index contributed by atoms with van der Waals surface area (Å²) >= 11 is 0. The van der Waals surface area contributed by atoms with Crippen molar-refractivity contribution in [3.05, 3.63) is 65.9 Å². The third kappa shape index (κ3) is 5.39. The summed E-state index contributed by atoms with van der Waals surface area (Å²) in [7, 11) is 0. The van der Waals surface area contributed by atoms with Crippen molar-refractivity contribution in [3.8, 4) is 0 Å². The molecule has 6 rings (SSSR count). The predicted octanol–water partition coefficient (Wildman–Crippen LogP) is 5.61. The number of fused-ring (bicyclic) bond motifs is 3. The van der Waals surface area contributed by atoms with E-state index in [2.05, 4.69) is 10.6 Å². The van der Waals surface area contributed by atoms with Crippen molar-refractivity contribution < 1.29 is 33.4 Å². The second-order valence-corrected chi connectivity index (χ2v) is 12.6. The zero-order chi connectivity index (χ0) is 31.2. The molecule has 2 fully saturated rings. The van der Waals surface area contributed by atoms with Gasteiger partial charge >= 0.3 is 12.2 Å². The molecule has 3 heterocycles. The number of amides is 3. The molecular formula is C33H37FN4O6. The fourth-order valence-corrected chi connectivity index (χ4v) is 7.31. The summed E-state index contributed by atoms with van der Waals surface area (Å²) in [5.41, 5.74) is 2.10. The lowest BCUT2D eigenvalue weighted by Gasteiger charge is -2.35. The van der Waals surface area contributed by atoms with Crippen LogP contribution in [-0.2, 0) is 19.9 Å². The number of rotatable bonds is 7. The summed E-state index contributed by atoms with van der Waals surface area (Å²) in [6, 6.07) is 15.5. The molecule has 3 amide bonds. The highest BCUT2D eigenvalue weighted by Gasteiger charge is 2.45. The summed E-state index contributed by atoms with van der Waals surface area (Å²) in [6.07, 6.45) is 0.967. The molecule has 0 bridgehead atoms. The number of nitrogens with one attached hydrogen (secondary N) is 2. The van der Waals surface area contributed by atoms with E-state index in [1.54, 1.807) is 17.0 Å². The lowest BCUT2D eigenvalue weighted by molar-refractivity contribution is -0.141. The van der Waals surface area contributed by atoms with E-state index in [9.17, 15) is 23.6 Å². The molecule has 0 radical (unpaired) electrons. The van der Waals surface area contributed by atoms with Crippen molar-refractivity contribution in [3.63, 3.8) is 0 Å². The van der Waals surface area contributed by atoms with Crippen LogP contribution in [0.3, 0.4) is 0 Å². The minimum Gasteiger partial charge on any atom is -0.465 e. The second-order valence-electron chi connectivity index (χ2n) is 12.6. The number of likely N-dealkylation sites (tertiary alicyclic amines) is 1. The molecule has 1 aromatic heterocycles. The van der Waals surface area contributed by atoms with Crippen molar-refractivity contribution in [1.29, 1.82) is 0 Å². The van der Waals surface area contributed by atoms with E-state index in [1.165, 1.54) is 4.57 Å². The van der Waals surface area contributed by atoms with Gasteiger partial charge in [-0.05, 0) is 75.6 Å². The number of benzene rings is 2. The number of carboxylic acid groups (broad SMARTS) is 1. The van der Waals surface area contributed by atoms with Gasteiger partial charge in [-0.3, -0.25) is 9.59 Å². The Labute approximate surface area is 254 Å². The molecule has 232 valence electrons. The summed E-state index contributed by atoms with van der Waals surface area (Å²) < 4.78 is 20.6. The maximum absolute atomic E-state index is 14.0. The number of ether oxygens (including phenoxy) is 1. The highest BCUT2D eigenvalue weighted by molar-refractivity contribution is 6.01. The Morgan fingerprint density at radius 3 is 2.45 bits per heavy atom. The van der Waals surface area contributed by atoms with E-state index in [-0.39, 0.29) is 29.6 Å². The van der Waals surface area contributed by atoms with Gasteiger partial charge in [-0.15, -0.1) is 0 Å². The quantitative estimate of drug-likeness (QED) is 0.322. The zero-order valence-electron chi connectivity index (χ0n) is 24.8. The first-order valence-corrected chi connectivity index (χ1v) is 15.2. The summed E-state index contributed by atoms with van der Waals surface area (Å²) in [5, 5.41) is 15.2. The fraction of sp³-hybridized carbons (Fsp3) is 0.455. The Morgan fingerprint density at radius 1 is 1.05 bits per heavy atom.